The van der Waals surface area contributed by atoms with E-state index in [0.717, 1.165) is 12.1 Å². The van der Waals surface area contributed by atoms with Crippen molar-refractivity contribution in [2.75, 3.05) is 5.32 Å². The highest BCUT2D eigenvalue weighted by atomic mass is 15.1. The van der Waals surface area contributed by atoms with Crippen LogP contribution in [0.15, 0.2) is 59.6 Å². The third-order valence-corrected chi connectivity index (χ3v) is 2.97. The summed E-state index contributed by atoms with van der Waals surface area (Å²) in [5, 5.41) is 3.22. The van der Waals surface area contributed by atoms with Gasteiger partial charge in [-0.2, -0.15) is 0 Å². The summed E-state index contributed by atoms with van der Waals surface area (Å²) in [5.41, 5.74) is 9.29. The van der Waals surface area contributed by atoms with Gasteiger partial charge in [-0.3, -0.25) is 0 Å². The van der Waals surface area contributed by atoms with E-state index >= 15 is 0 Å². The van der Waals surface area contributed by atoms with Crippen LogP contribution in [0, 0.1) is 0 Å². The van der Waals surface area contributed by atoms with Gasteiger partial charge in [0.15, 0.2) is 5.96 Å². The van der Waals surface area contributed by atoms with Crippen molar-refractivity contribution in [3.8, 4) is 0 Å². The molecule has 0 saturated heterocycles. The number of benzene rings is 2. The minimum Gasteiger partial charge on any atom is -0.370 e. The molecule has 3 N–H and O–H groups in total. The number of hydrogen-bond acceptors (Lipinski definition) is 1. The van der Waals surface area contributed by atoms with Crippen molar-refractivity contribution in [2.24, 2.45) is 10.7 Å². The van der Waals surface area contributed by atoms with E-state index < -0.39 is 0 Å². The largest absolute Gasteiger partial charge is 0.370 e. The molecule has 2 aromatic rings. The zero-order chi connectivity index (χ0) is 15.3. The summed E-state index contributed by atoms with van der Waals surface area (Å²) in [6, 6.07) is 18.6. The summed E-state index contributed by atoms with van der Waals surface area (Å²) >= 11 is 0. The van der Waals surface area contributed by atoms with Crippen LogP contribution >= 0.6 is 0 Å². The Morgan fingerprint density at radius 1 is 1.00 bits per heavy atom. The number of hydrogen-bond donors (Lipinski definition) is 2. The Morgan fingerprint density at radius 2 is 1.62 bits per heavy atom. The van der Waals surface area contributed by atoms with Crippen molar-refractivity contribution in [3.05, 3.63) is 65.7 Å². The minimum absolute atomic E-state index is 0.189. The molecule has 0 aliphatic carbocycles. The van der Waals surface area contributed by atoms with Gasteiger partial charge >= 0.3 is 0 Å². The number of para-hydroxylation sites is 1. The van der Waals surface area contributed by atoms with E-state index in [4.69, 9.17) is 5.73 Å². The van der Waals surface area contributed by atoms with Crippen LogP contribution in [0.25, 0.3) is 0 Å². The molecule has 110 valence electrons. The number of anilines is 1. The van der Waals surface area contributed by atoms with Crippen LogP contribution in [0.1, 0.15) is 31.9 Å². The fourth-order valence-electron chi connectivity index (χ4n) is 2.14. The summed E-state index contributed by atoms with van der Waals surface area (Å²) in [6.45, 7) is 6.08. The van der Waals surface area contributed by atoms with Gasteiger partial charge in [0.05, 0.1) is 5.54 Å². The molecule has 3 nitrogen and oxygen atoms in total. The molecule has 21 heavy (non-hydrogen) atoms. The summed E-state index contributed by atoms with van der Waals surface area (Å²) in [7, 11) is 0. The van der Waals surface area contributed by atoms with Crippen molar-refractivity contribution in [3.63, 3.8) is 0 Å². The van der Waals surface area contributed by atoms with E-state index in [0.29, 0.717) is 5.96 Å². The molecule has 0 spiro atoms. The summed E-state index contributed by atoms with van der Waals surface area (Å²) in [5.74, 6) is 0.447. The molecule has 0 radical (unpaired) electrons. The molecular formula is C18H23N3. The zero-order valence-corrected chi connectivity index (χ0v) is 12.9. The minimum atomic E-state index is -0.189. The Morgan fingerprint density at radius 3 is 2.29 bits per heavy atom. The molecular weight excluding hydrogens is 258 g/mol. The van der Waals surface area contributed by atoms with Gasteiger partial charge < -0.3 is 11.1 Å². The first-order valence-electron chi connectivity index (χ1n) is 7.18. The number of nitrogens with two attached hydrogens (primary N) is 1. The van der Waals surface area contributed by atoms with Crippen LogP contribution in [-0.4, -0.2) is 11.5 Å². The molecule has 0 aliphatic rings. The van der Waals surface area contributed by atoms with Crippen LogP contribution in [0.3, 0.4) is 0 Å². The van der Waals surface area contributed by atoms with Crippen molar-refractivity contribution in [2.45, 2.75) is 32.7 Å². The van der Waals surface area contributed by atoms with Crippen molar-refractivity contribution < 1.29 is 0 Å². The van der Waals surface area contributed by atoms with Gasteiger partial charge in [0.2, 0.25) is 0 Å². The number of nitrogens with zero attached hydrogens (tertiary/aromatic N) is 1. The van der Waals surface area contributed by atoms with Gasteiger partial charge in [-0.05, 0) is 44.4 Å². The Labute approximate surface area is 126 Å². The first-order valence-corrected chi connectivity index (χ1v) is 7.18. The molecule has 0 amide bonds. The smallest absolute Gasteiger partial charge is 0.193 e. The van der Waals surface area contributed by atoms with Crippen molar-refractivity contribution in [1.29, 1.82) is 0 Å². The van der Waals surface area contributed by atoms with E-state index in [-0.39, 0.29) is 5.54 Å². The lowest BCUT2D eigenvalue weighted by Gasteiger charge is -2.16. The van der Waals surface area contributed by atoms with Crippen LogP contribution in [-0.2, 0) is 6.42 Å². The monoisotopic (exact) mass is 281 g/mol. The lowest BCUT2D eigenvalue weighted by atomic mass is 10.0. The summed E-state index contributed by atoms with van der Waals surface area (Å²) in [4.78, 5) is 4.44. The maximum atomic E-state index is 5.99. The van der Waals surface area contributed by atoms with E-state index in [1.807, 2.05) is 45.0 Å². The van der Waals surface area contributed by atoms with E-state index in [2.05, 4.69) is 40.6 Å². The van der Waals surface area contributed by atoms with Gasteiger partial charge in [0.1, 0.15) is 0 Å². The molecule has 3 heteroatoms. The second-order valence-electron chi connectivity index (χ2n) is 6.11. The first-order chi connectivity index (χ1) is 9.94. The highest BCUT2D eigenvalue weighted by molar-refractivity contribution is 5.93. The first kappa shape index (κ1) is 15.1. The fraction of sp³-hybridized carbons (Fsp3) is 0.278. The molecule has 0 saturated carbocycles. The third-order valence-electron chi connectivity index (χ3n) is 2.97. The van der Waals surface area contributed by atoms with Gasteiger partial charge in [-0.15, -0.1) is 0 Å². The predicted octanol–water partition coefficient (Wildman–Crippen LogP) is 3.80. The molecule has 0 atom stereocenters. The van der Waals surface area contributed by atoms with E-state index in [1.165, 1.54) is 11.1 Å². The molecule has 0 unspecified atom stereocenters. The van der Waals surface area contributed by atoms with Crippen LogP contribution in [0.5, 0.6) is 0 Å². The number of guanidine groups is 1. The number of rotatable bonds is 3. The van der Waals surface area contributed by atoms with Crippen LogP contribution < -0.4 is 11.1 Å². The summed E-state index contributed by atoms with van der Waals surface area (Å²) in [6.07, 6.45) is 0.868. The lowest BCUT2D eigenvalue weighted by Crippen LogP contribution is -2.27. The molecule has 0 aliphatic heterocycles. The maximum Gasteiger partial charge on any atom is 0.193 e. The second kappa shape index (κ2) is 6.44. The topological polar surface area (TPSA) is 50.4 Å². The van der Waals surface area contributed by atoms with Gasteiger partial charge in [0.25, 0.3) is 0 Å². The fourth-order valence-corrected chi connectivity index (χ4v) is 2.14. The normalized spacial score (nSPS) is 12.2. The molecule has 2 aromatic carbocycles. The molecule has 0 fully saturated rings. The molecule has 0 bridgehead atoms. The standard InChI is InChI=1S/C18H23N3/c1-18(2,3)21-17(19)20-16-12-8-7-11-15(16)13-14-9-5-4-6-10-14/h4-12H,13H2,1-3H3,(H3,19,20,21). The maximum absolute atomic E-state index is 5.99. The third kappa shape index (κ3) is 4.95. The molecule has 0 aromatic heterocycles. The van der Waals surface area contributed by atoms with Gasteiger partial charge in [-0.1, -0.05) is 48.5 Å². The van der Waals surface area contributed by atoms with E-state index in [1.54, 1.807) is 0 Å². The quantitative estimate of drug-likeness (QED) is 0.664. The number of nitrogens with one attached hydrogen (secondary N) is 1. The van der Waals surface area contributed by atoms with Crippen molar-refractivity contribution >= 4 is 11.6 Å². The molecule has 0 heterocycles. The second-order valence-corrected chi connectivity index (χ2v) is 6.11. The zero-order valence-electron chi connectivity index (χ0n) is 12.9. The average molecular weight is 281 g/mol. The Balaban J connectivity index is 2.20. The Kier molecular flexibility index (Phi) is 4.63. The average Bonchev–Trinajstić information content (AvgIpc) is 2.40. The number of aliphatic imine (C=N–C) groups is 1. The SMILES string of the molecule is CC(C)(C)N=C(N)Nc1ccccc1Cc1ccccc1. The Bertz CT molecular complexity index is 610. The van der Waals surface area contributed by atoms with Crippen LogP contribution in [0.4, 0.5) is 5.69 Å². The predicted molar refractivity (Wildman–Crippen MR) is 90.7 cm³/mol. The highest BCUT2D eigenvalue weighted by Crippen LogP contribution is 2.19. The molecule has 2 rings (SSSR count). The lowest BCUT2D eigenvalue weighted by molar-refractivity contribution is 0.583. The van der Waals surface area contributed by atoms with Crippen LogP contribution in [0.2, 0.25) is 0 Å². The van der Waals surface area contributed by atoms with Gasteiger partial charge in [-0.25, -0.2) is 4.99 Å². The Hall–Kier alpha value is -2.29. The van der Waals surface area contributed by atoms with Gasteiger partial charge in [0, 0.05) is 5.69 Å². The highest BCUT2D eigenvalue weighted by Gasteiger charge is 2.09. The van der Waals surface area contributed by atoms with Crippen molar-refractivity contribution in [1.82, 2.24) is 0 Å². The summed E-state index contributed by atoms with van der Waals surface area (Å²) < 4.78 is 0. The van der Waals surface area contributed by atoms with E-state index in [9.17, 15) is 0 Å².